The number of nitrogens with zero attached hydrogens (tertiary/aromatic N) is 1. The molecule has 3 aromatic carbocycles. The third kappa shape index (κ3) is 8.67. The molecule has 3 saturated heterocycles. The van der Waals surface area contributed by atoms with Gasteiger partial charge in [0.05, 0.1) is 44.7 Å². The Balaban J connectivity index is 0.00000464. The van der Waals surface area contributed by atoms with Gasteiger partial charge in [-0.15, -0.1) is 0 Å². The van der Waals surface area contributed by atoms with Crippen LogP contribution in [0.3, 0.4) is 0 Å². The van der Waals surface area contributed by atoms with Gasteiger partial charge in [0.15, 0.2) is 6.61 Å². The number of phenolic OH excluding ortho intramolecular Hbond substituents is 1. The van der Waals surface area contributed by atoms with Crippen LogP contribution in [0.4, 0.5) is 5.69 Å². The van der Waals surface area contributed by atoms with Gasteiger partial charge in [0.25, 0.3) is 5.91 Å². The number of halogens is 1. The summed E-state index contributed by atoms with van der Waals surface area (Å²) < 4.78 is 19.5. The molecule has 4 fully saturated rings. The van der Waals surface area contributed by atoms with Gasteiger partial charge >= 0.3 is 0 Å². The van der Waals surface area contributed by atoms with Crippen LogP contribution < -0.4 is 32.4 Å². The maximum absolute atomic E-state index is 12.0. The molecule has 4 heterocycles. The van der Waals surface area contributed by atoms with Gasteiger partial charge in [-0.3, -0.25) is 4.79 Å². The molecule has 4 atom stereocenters. The van der Waals surface area contributed by atoms with Gasteiger partial charge in [-0.2, -0.15) is 0 Å². The van der Waals surface area contributed by atoms with Crippen LogP contribution in [0.2, 0.25) is 0 Å². The molecule has 2 bridgehead atoms. The number of amides is 1. The Morgan fingerprint density at radius 3 is 2.50 bits per heavy atom. The van der Waals surface area contributed by atoms with Gasteiger partial charge in [0.2, 0.25) is 0 Å². The molecule has 0 spiro atoms. The van der Waals surface area contributed by atoms with E-state index in [0.29, 0.717) is 42.7 Å². The normalized spacial score (nSPS) is 24.9. The quantitative estimate of drug-likeness (QED) is 0.118. The SMILES string of the molecule is CC(NC[C@H](O)c1cc(O)cc2c1OCC(=O)N2)c1ccc(COCC[N+]23CCC(CC2)[C@@H](OC[C@@](O)(c2ccccc2)C2CCCC2)C3)cc1.[Br-]. The molecule has 11 heteroatoms. The predicted octanol–water partition coefficient (Wildman–Crippen LogP) is 2.33. The highest BCUT2D eigenvalue weighted by Gasteiger charge is 2.48. The summed E-state index contributed by atoms with van der Waals surface area (Å²) in [7, 11) is 0. The number of piperidine rings is 3. The Morgan fingerprint density at radius 2 is 1.77 bits per heavy atom. The third-order valence-electron chi connectivity index (χ3n) is 12.0. The minimum atomic E-state index is -0.940. The van der Waals surface area contributed by atoms with Crippen LogP contribution in [0.1, 0.15) is 79.8 Å². The number of aliphatic hydroxyl groups excluding tert-OH is 1. The lowest BCUT2D eigenvalue weighted by Gasteiger charge is -2.52. The fourth-order valence-electron chi connectivity index (χ4n) is 8.85. The van der Waals surface area contributed by atoms with Crippen molar-refractivity contribution in [3.05, 3.63) is 89.0 Å². The van der Waals surface area contributed by atoms with Crippen LogP contribution >= 0.6 is 0 Å². The van der Waals surface area contributed by atoms with E-state index in [4.69, 9.17) is 14.2 Å². The molecule has 1 saturated carbocycles. The number of ether oxygens (including phenoxy) is 3. The van der Waals surface area contributed by atoms with E-state index in [1.807, 2.05) is 25.1 Å². The zero-order chi connectivity index (χ0) is 35.4. The molecule has 282 valence electrons. The number of anilines is 1. The summed E-state index contributed by atoms with van der Waals surface area (Å²) in [6.45, 7) is 8.07. The zero-order valence-corrected chi connectivity index (χ0v) is 31.7. The lowest BCUT2D eigenvalue weighted by molar-refractivity contribution is -0.946. The Morgan fingerprint density at radius 1 is 1.04 bits per heavy atom. The molecule has 1 amide bonds. The molecule has 4 aliphatic heterocycles. The monoisotopic (exact) mass is 779 g/mol. The van der Waals surface area contributed by atoms with Gasteiger partial charge in [0, 0.05) is 43.0 Å². The minimum Gasteiger partial charge on any atom is -1.00 e. The van der Waals surface area contributed by atoms with Crippen LogP contribution in [-0.4, -0.2) is 84.4 Å². The second-order valence-electron chi connectivity index (χ2n) is 15.3. The maximum Gasteiger partial charge on any atom is 0.262 e. The number of phenols is 1. The van der Waals surface area contributed by atoms with E-state index in [1.165, 1.54) is 50.9 Å². The number of carbonyl (C=O) groups excluding carboxylic acids is 1. The van der Waals surface area contributed by atoms with E-state index in [-0.39, 0.29) is 59.9 Å². The van der Waals surface area contributed by atoms with Crippen LogP contribution in [0.15, 0.2) is 66.7 Å². The van der Waals surface area contributed by atoms with Crippen molar-refractivity contribution >= 4 is 11.6 Å². The molecular formula is C41H54BrN3O7. The minimum absolute atomic E-state index is 0. The molecule has 0 aromatic heterocycles. The van der Waals surface area contributed by atoms with Crippen molar-refractivity contribution in [2.75, 3.05) is 57.9 Å². The number of aliphatic hydroxyl groups is 2. The van der Waals surface area contributed by atoms with Gasteiger partial charge in [0.1, 0.15) is 36.3 Å². The molecule has 5 aliphatic rings. The lowest BCUT2D eigenvalue weighted by atomic mass is 9.80. The fraction of sp³-hybridized carbons (Fsp3) is 0.537. The Hall–Kier alpha value is -3.03. The Labute approximate surface area is 317 Å². The Bertz CT molecular complexity index is 1630. The van der Waals surface area contributed by atoms with Crippen LogP contribution in [0, 0.1) is 11.8 Å². The molecule has 0 radical (unpaired) electrons. The maximum atomic E-state index is 12.0. The summed E-state index contributed by atoms with van der Waals surface area (Å²) in [6, 6.07) is 21.4. The van der Waals surface area contributed by atoms with E-state index in [2.05, 4.69) is 47.0 Å². The first-order valence-corrected chi connectivity index (χ1v) is 18.8. The average Bonchev–Trinajstić information content (AvgIpc) is 3.71. The number of fused-ring (bicyclic) bond motifs is 4. The number of aromatic hydroxyl groups is 1. The molecule has 10 nitrogen and oxygen atoms in total. The Kier molecular flexibility index (Phi) is 12.6. The van der Waals surface area contributed by atoms with Crippen molar-refractivity contribution in [3.8, 4) is 11.5 Å². The number of quaternary nitrogens is 1. The summed E-state index contributed by atoms with van der Waals surface area (Å²) in [4.78, 5) is 11.7. The number of benzene rings is 3. The fourth-order valence-corrected chi connectivity index (χ4v) is 8.85. The first-order valence-electron chi connectivity index (χ1n) is 18.8. The first-order chi connectivity index (χ1) is 24.7. The molecule has 8 rings (SSSR count). The number of hydrogen-bond acceptors (Lipinski definition) is 8. The van der Waals surface area contributed by atoms with Gasteiger partial charge < -0.3 is 61.6 Å². The van der Waals surface area contributed by atoms with Crippen molar-refractivity contribution in [2.45, 2.75) is 75.9 Å². The molecular weight excluding hydrogens is 726 g/mol. The summed E-state index contributed by atoms with van der Waals surface area (Å²) in [5.41, 5.74) is 3.05. The first kappa shape index (κ1) is 38.7. The lowest BCUT2D eigenvalue weighted by Crippen LogP contribution is -3.00. The smallest absolute Gasteiger partial charge is 0.262 e. The average molecular weight is 781 g/mol. The van der Waals surface area contributed by atoms with E-state index in [0.717, 1.165) is 47.1 Å². The highest BCUT2D eigenvalue weighted by Crippen LogP contribution is 2.43. The standard InChI is InChI=1S/C41H53N3O7.BrH/c1-28(42-23-37(46)35-21-34(45)22-36-40(35)50-26-39(47)43-36)30-13-11-29(12-14-30)25-49-20-19-44-17-15-31(16-18-44)38(24-44)51-27-41(48,33-9-5-6-10-33)32-7-3-2-4-8-32;/h2-4,7-8,11-14,21-22,28,31,33,37-38,42,46,48H,5-6,9-10,15-20,23-27H2,1H3,(H-,43,45,47);1H/t28?,31?,37-,38-,41+,44?;/m0./s1. The van der Waals surface area contributed by atoms with Crippen molar-refractivity contribution in [2.24, 2.45) is 11.8 Å². The van der Waals surface area contributed by atoms with E-state index in [9.17, 15) is 20.1 Å². The van der Waals surface area contributed by atoms with E-state index < -0.39 is 11.7 Å². The number of nitrogens with one attached hydrogen (secondary N) is 2. The highest BCUT2D eigenvalue weighted by molar-refractivity contribution is 5.96. The van der Waals surface area contributed by atoms with Crippen molar-refractivity contribution < 1.29 is 55.8 Å². The van der Waals surface area contributed by atoms with Crippen molar-refractivity contribution in [1.29, 1.82) is 0 Å². The molecule has 5 N–H and O–H groups in total. The molecule has 3 aromatic rings. The molecule has 1 unspecified atom stereocenters. The van der Waals surface area contributed by atoms with Gasteiger partial charge in [-0.05, 0) is 48.4 Å². The van der Waals surface area contributed by atoms with Crippen LogP contribution in [-0.2, 0) is 26.5 Å². The number of rotatable bonds is 15. The predicted molar refractivity (Wildman–Crippen MR) is 194 cm³/mol. The second-order valence-corrected chi connectivity index (χ2v) is 15.3. The van der Waals surface area contributed by atoms with E-state index >= 15 is 0 Å². The van der Waals surface area contributed by atoms with Gasteiger partial charge in [-0.1, -0.05) is 67.4 Å². The zero-order valence-electron chi connectivity index (χ0n) is 30.1. The van der Waals surface area contributed by atoms with Crippen LogP contribution in [0.25, 0.3) is 0 Å². The number of hydrogen-bond donors (Lipinski definition) is 5. The summed E-state index contributed by atoms with van der Waals surface area (Å²) in [5, 5.41) is 39.1. The summed E-state index contributed by atoms with van der Waals surface area (Å²) >= 11 is 0. The number of carbonyl (C=O) groups is 1. The second kappa shape index (κ2) is 17.0. The molecule has 52 heavy (non-hydrogen) atoms. The molecule has 1 aliphatic carbocycles. The highest BCUT2D eigenvalue weighted by atomic mass is 79.9. The topological polar surface area (TPSA) is 130 Å². The van der Waals surface area contributed by atoms with Crippen molar-refractivity contribution in [1.82, 2.24) is 5.32 Å². The van der Waals surface area contributed by atoms with Gasteiger partial charge in [-0.25, -0.2) is 0 Å². The van der Waals surface area contributed by atoms with Crippen LogP contribution in [0.5, 0.6) is 11.5 Å². The summed E-state index contributed by atoms with van der Waals surface area (Å²) in [5.74, 6) is 0.858. The largest absolute Gasteiger partial charge is 1.00 e. The van der Waals surface area contributed by atoms with Crippen molar-refractivity contribution in [3.63, 3.8) is 0 Å². The summed E-state index contributed by atoms with van der Waals surface area (Å²) in [6.07, 6.45) is 6.07. The third-order valence-corrected chi connectivity index (χ3v) is 12.0. The van der Waals surface area contributed by atoms with E-state index in [1.54, 1.807) is 0 Å².